The van der Waals surface area contributed by atoms with Gasteiger partial charge in [-0.1, -0.05) is 54.1 Å². The highest BCUT2D eigenvalue weighted by molar-refractivity contribution is 7.89. The van der Waals surface area contributed by atoms with Crippen LogP contribution in [-0.4, -0.2) is 31.7 Å². The number of sulfonamides is 1. The zero-order valence-electron chi connectivity index (χ0n) is 16.2. The number of carbonyl (C=O) groups excluding carboxylic acids is 1. The molecule has 4 rings (SSSR count). The van der Waals surface area contributed by atoms with Gasteiger partial charge in [0.1, 0.15) is 0 Å². The second kappa shape index (κ2) is 8.60. The monoisotopic (exact) mass is 440 g/mol. The first-order valence-electron chi connectivity index (χ1n) is 9.72. The Hall–Kier alpha value is -2.67. The van der Waals surface area contributed by atoms with Crippen LogP contribution >= 0.6 is 11.6 Å². The van der Waals surface area contributed by atoms with Gasteiger partial charge >= 0.3 is 0 Å². The molecule has 0 atom stereocenters. The maximum Gasteiger partial charge on any atom is 0.257 e. The number of hydrogen-bond donors (Lipinski definition) is 1. The lowest BCUT2D eigenvalue weighted by atomic mass is 10.1. The van der Waals surface area contributed by atoms with Crippen molar-refractivity contribution < 1.29 is 13.2 Å². The van der Waals surface area contributed by atoms with E-state index in [0.717, 1.165) is 24.0 Å². The molecule has 1 fully saturated rings. The zero-order valence-corrected chi connectivity index (χ0v) is 17.8. The predicted octanol–water partition coefficient (Wildman–Crippen LogP) is 5.04. The summed E-state index contributed by atoms with van der Waals surface area (Å²) in [6, 6.07) is 21.6. The van der Waals surface area contributed by atoms with E-state index in [4.69, 9.17) is 11.6 Å². The molecule has 154 valence electrons. The molecule has 0 spiro atoms. The summed E-state index contributed by atoms with van der Waals surface area (Å²) in [7, 11) is -3.63. The number of hydrogen-bond acceptors (Lipinski definition) is 3. The van der Waals surface area contributed by atoms with Crippen molar-refractivity contribution in [2.75, 3.05) is 18.4 Å². The first-order valence-corrected chi connectivity index (χ1v) is 11.5. The van der Waals surface area contributed by atoms with Crippen LogP contribution in [0.4, 0.5) is 5.69 Å². The van der Waals surface area contributed by atoms with E-state index >= 15 is 0 Å². The Balaban J connectivity index is 1.55. The summed E-state index contributed by atoms with van der Waals surface area (Å²) in [4.78, 5) is 12.9. The second-order valence-electron chi connectivity index (χ2n) is 7.15. The van der Waals surface area contributed by atoms with E-state index < -0.39 is 15.9 Å². The quantitative estimate of drug-likeness (QED) is 0.604. The second-order valence-corrected chi connectivity index (χ2v) is 9.50. The van der Waals surface area contributed by atoms with Crippen LogP contribution in [-0.2, 0) is 10.0 Å². The Morgan fingerprint density at radius 1 is 0.867 bits per heavy atom. The normalized spacial score (nSPS) is 14.6. The number of amides is 1. The van der Waals surface area contributed by atoms with Gasteiger partial charge in [-0.15, -0.1) is 0 Å². The zero-order chi connectivity index (χ0) is 21.1. The van der Waals surface area contributed by atoms with Gasteiger partial charge in [0, 0.05) is 18.8 Å². The van der Waals surface area contributed by atoms with Crippen molar-refractivity contribution >= 4 is 33.2 Å². The van der Waals surface area contributed by atoms with Crippen LogP contribution in [0, 0.1) is 0 Å². The smallest absolute Gasteiger partial charge is 0.257 e. The Kier molecular flexibility index (Phi) is 5.90. The minimum Gasteiger partial charge on any atom is -0.322 e. The SMILES string of the molecule is O=C(Nc1ccc(-c2ccccc2)cc1)c1cc(S(=O)(=O)N2CCCC2)ccc1Cl. The van der Waals surface area contributed by atoms with Crippen molar-refractivity contribution in [1.29, 1.82) is 0 Å². The summed E-state index contributed by atoms with van der Waals surface area (Å²) in [5, 5.41) is 3.00. The van der Waals surface area contributed by atoms with E-state index in [2.05, 4.69) is 5.32 Å². The van der Waals surface area contributed by atoms with Crippen LogP contribution in [0.25, 0.3) is 11.1 Å². The topological polar surface area (TPSA) is 66.5 Å². The van der Waals surface area contributed by atoms with Crippen LogP contribution in [0.5, 0.6) is 0 Å². The minimum atomic E-state index is -3.63. The fourth-order valence-electron chi connectivity index (χ4n) is 3.49. The number of benzene rings is 3. The number of carbonyl (C=O) groups is 1. The van der Waals surface area contributed by atoms with Gasteiger partial charge in [0.15, 0.2) is 0 Å². The molecule has 0 bridgehead atoms. The molecule has 1 aliphatic rings. The van der Waals surface area contributed by atoms with Crippen molar-refractivity contribution in [2.24, 2.45) is 0 Å². The van der Waals surface area contributed by atoms with E-state index in [1.165, 1.54) is 22.5 Å². The Morgan fingerprint density at radius 2 is 1.50 bits per heavy atom. The minimum absolute atomic E-state index is 0.0818. The molecule has 5 nitrogen and oxygen atoms in total. The van der Waals surface area contributed by atoms with Gasteiger partial charge in [0.25, 0.3) is 5.91 Å². The molecule has 0 unspecified atom stereocenters. The van der Waals surface area contributed by atoms with Gasteiger partial charge in [-0.2, -0.15) is 4.31 Å². The third-order valence-corrected chi connectivity index (χ3v) is 7.36. The molecule has 1 heterocycles. The van der Waals surface area contributed by atoms with Crippen LogP contribution in [0.15, 0.2) is 77.7 Å². The largest absolute Gasteiger partial charge is 0.322 e. The van der Waals surface area contributed by atoms with Crippen LogP contribution < -0.4 is 5.32 Å². The van der Waals surface area contributed by atoms with E-state index in [1.807, 2.05) is 42.5 Å². The molecule has 0 radical (unpaired) electrons. The number of nitrogens with zero attached hydrogens (tertiary/aromatic N) is 1. The number of nitrogens with one attached hydrogen (secondary N) is 1. The maximum atomic E-state index is 12.8. The third-order valence-electron chi connectivity index (χ3n) is 5.14. The lowest BCUT2D eigenvalue weighted by Crippen LogP contribution is -2.28. The lowest BCUT2D eigenvalue weighted by molar-refractivity contribution is 0.102. The molecule has 0 saturated carbocycles. The molecule has 30 heavy (non-hydrogen) atoms. The maximum absolute atomic E-state index is 12.8. The highest BCUT2D eigenvalue weighted by Gasteiger charge is 2.28. The Morgan fingerprint density at radius 3 is 2.17 bits per heavy atom. The molecule has 3 aromatic carbocycles. The standard InChI is InChI=1S/C23H21ClN2O3S/c24-22-13-12-20(30(28,29)26-14-4-5-15-26)16-21(22)23(27)25-19-10-8-18(9-11-19)17-6-2-1-3-7-17/h1-3,6-13,16H,4-5,14-15H2,(H,25,27). The molecule has 7 heteroatoms. The first kappa shape index (κ1) is 20.6. The summed E-state index contributed by atoms with van der Waals surface area (Å²) in [6.07, 6.45) is 1.69. The van der Waals surface area contributed by atoms with Gasteiger partial charge in [0.05, 0.1) is 15.5 Å². The molecule has 3 aromatic rings. The van der Waals surface area contributed by atoms with Crippen LogP contribution in [0.2, 0.25) is 5.02 Å². The predicted molar refractivity (Wildman–Crippen MR) is 119 cm³/mol. The molecule has 1 saturated heterocycles. The third kappa shape index (κ3) is 4.26. The van der Waals surface area contributed by atoms with Crippen LogP contribution in [0.1, 0.15) is 23.2 Å². The van der Waals surface area contributed by atoms with Gasteiger partial charge < -0.3 is 5.32 Å². The van der Waals surface area contributed by atoms with Crippen molar-refractivity contribution in [3.8, 4) is 11.1 Å². The average molecular weight is 441 g/mol. The molecular formula is C23H21ClN2O3S. The summed E-state index contributed by atoms with van der Waals surface area (Å²) in [5.74, 6) is -0.453. The van der Waals surface area contributed by atoms with Crippen molar-refractivity contribution in [1.82, 2.24) is 4.31 Å². The fraction of sp³-hybridized carbons (Fsp3) is 0.174. The molecule has 0 aliphatic carbocycles. The molecule has 1 N–H and O–H groups in total. The molecule has 1 aliphatic heterocycles. The van der Waals surface area contributed by atoms with E-state index in [0.29, 0.717) is 18.8 Å². The molecular weight excluding hydrogens is 420 g/mol. The highest BCUT2D eigenvalue weighted by atomic mass is 35.5. The van der Waals surface area contributed by atoms with Crippen molar-refractivity contribution in [3.63, 3.8) is 0 Å². The number of rotatable bonds is 5. The number of anilines is 1. The van der Waals surface area contributed by atoms with Crippen LogP contribution in [0.3, 0.4) is 0 Å². The lowest BCUT2D eigenvalue weighted by Gasteiger charge is -2.16. The van der Waals surface area contributed by atoms with Gasteiger partial charge in [-0.05, 0) is 54.3 Å². The van der Waals surface area contributed by atoms with Crippen molar-refractivity contribution in [2.45, 2.75) is 17.7 Å². The summed E-state index contributed by atoms with van der Waals surface area (Å²) >= 11 is 6.20. The Labute approximate surface area is 181 Å². The van der Waals surface area contributed by atoms with Gasteiger partial charge in [-0.3, -0.25) is 4.79 Å². The van der Waals surface area contributed by atoms with E-state index in [-0.39, 0.29) is 15.5 Å². The van der Waals surface area contributed by atoms with Gasteiger partial charge in [-0.25, -0.2) is 8.42 Å². The highest BCUT2D eigenvalue weighted by Crippen LogP contribution is 2.26. The Bertz CT molecular complexity index is 1160. The summed E-state index contributed by atoms with van der Waals surface area (Å²) < 4.78 is 27.0. The average Bonchev–Trinajstić information content (AvgIpc) is 3.31. The molecule has 0 aromatic heterocycles. The first-order chi connectivity index (χ1) is 14.4. The number of halogens is 1. The van der Waals surface area contributed by atoms with Gasteiger partial charge in [0.2, 0.25) is 10.0 Å². The van der Waals surface area contributed by atoms with E-state index in [1.54, 1.807) is 12.1 Å². The summed E-state index contributed by atoms with van der Waals surface area (Å²) in [6.45, 7) is 1.00. The van der Waals surface area contributed by atoms with E-state index in [9.17, 15) is 13.2 Å². The fourth-order valence-corrected chi connectivity index (χ4v) is 5.24. The summed E-state index contributed by atoms with van der Waals surface area (Å²) in [5.41, 5.74) is 2.84. The van der Waals surface area contributed by atoms with Crippen molar-refractivity contribution in [3.05, 3.63) is 83.4 Å². The molecule has 1 amide bonds.